The van der Waals surface area contributed by atoms with E-state index in [1.165, 1.54) is 19.5 Å². The van der Waals surface area contributed by atoms with Crippen LogP contribution in [0.1, 0.15) is 38.6 Å². The molecule has 2 heterocycles. The predicted octanol–water partition coefficient (Wildman–Crippen LogP) is 2.53. The summed E-state index contributed by atoms with van der Waals surface area (Å²) in [6, 6.07) is 0.651. The van der Waals surface area contributed by atoms with Crippen molar-refractivity contribution in [1.29, 1.82) is 0 Å². The fourth-order valence-corrected chi connectivity index (χ4v) is 2.88. The molecule has 1 aromatic heterocycles. The second-order valence-electron chi connectivity index (χ2n) is 6.19. The van der Waals surface area contributed by atoms with Crippen LogP contribution in [0, 0.1) is 12.8 Å². The van der Waals surface area contributed by atoms with E-state index in [1.807, 2.05) is 7.05 Å². The van der Waals surface area contributed by atoms with Gasteiger partial charge in [0, 0.05) is 38.2 Å². The van der Waals surface area contributed by atoms with Crippen molar-refractivity contribution in [2.24, 2.45) is 5.92 Å². The molecule has 1 unspecified atom stereocenters. The van der Waals surface area contributed by atoms with Gasteiger partial charge in [0.05, 0.1) is 0 Å². The van der Waals surface area contributed by atoms with Crippen molar-refractivity contribution >= 4 is 11.6 Å². The van der Waals surface area contributed by atoms with Crippen molar-refractivity contribution < 1.29 is 0 Å². The molecule has 21 heavy (non-hydrogen) atoms. The van der Waals surface area contributed by atoms with Gasteiger partial charge in [-0.05, 0) is 39.7 Å². The molecule has 1 aliphatic heterocycles. The summed E-state index contributed by atoms with van der Waals surface area (Å²) in [5.74, 6) is 3.52. The lowest BCUT2D eigenvalue weighted by atomic mass is 10.1. The van der Waals surface area contributed by atoms with Gasteiger partial charge in [-0.1, -0.05) is 6.92 Å². The molecule has 1 saturated heterocycles. The average Bonchev–Trinajstić information content (AvgIpc) is 2.95. The number of nitrogens with one attached hydrogen (secondary N) is 2. The molecule has 5 nitrogen and oxygen atoms in total. The number of hydrogen-bond donors (Lipinski definition) is 2. The fourth-order valence-electron chi connectivity index (χ4n) is 2.88. The number of likely N-dealkylation sites (tertiary alicyclic amines) is 1. The van der Waals surface area contributed by atoms with Crippen molar-refractivity contribution in [2.45, 2.75) is 46.6 Å². The second kappa shape index (κ2) is 7.07. The van der Waals surface area contributed by atoms with Crippen LogP contribution >= 0.6 is 0 Å². The molecule has 1 fully saturated rings. The zero-order valence-electron chi connectivity index (χ0n) is 14.0. The zero-order valence-corrected chi connectivity index (χ0v) is 14.0. The summed E-state index contributed by atoms with van der Waals surface area (Å²) in [5.41, 5.74) is 1.11. The van der Waals surface area contributed by atoms with Gasteiger partial charge >= 0.3 is 0 Å². The molecule has 0 amide bonds. The molecule has 0 aliphatic carbocycles. The highest BCUT2D eigenvalue weighted by molar-refractivity contribution is 5.57. The summed E-state index contributed by atoms with van der Waals surface area (Å²) in [5, 5.41) is 6.71. The first-order valence-corrected chi connectivity index (χ1v) is 8.08. The van der Waals surface area contributed by atoms with Gasteiger partial charge in [0.15, 0.2) is 0 Å². The summed E-state index contributed by atoms with van der Waals surface area (Å²) in [7, 11) is 1.91. The van der Waals surface area contributed by atoms with E-state index in [-0.39, 0.29) is 0 Å². The minimum Gasteiger partial charge on any atom is -0.373 e. The molecule has 2 rings (SSSR count). The van der Waals surface area contributed by atoms with E-state index >= 15 is 0 Å². The van der Waals surface area contributed by atoms with Gasteiger partial charge in [0.2, 0.25) is 0 Å². The van der Waals surface area contributed by atoms with Crippen molar-refractivity contribution in [3.05, 3.63) is 11.4 Å². The van der Waals surface area contributed by atoms with Crippen LogP contribution in [0.2, 0.25) is 0 Å². The lowest BCUT2D eigenvalue weighted by Gasteiger charge is -2.20. The Morgan fingerprint density at radius 3 is 2.57 bits per heavy atom. The Balaban J connectivity index is 2.00. The smallest absolute Gasteiger partial charge is 0.134 e. The molecule has 1 atom stereocenters. The first kappa shape index (κ1) is 16.0. The highest BCUT2D eigenvalue weighted by Gasteiger charge is 2.24. The SMILES string of the molecule is CCc1nc(NC)c(C)c(NCC2CCN(C(C)C)C2)n1. The minimum atomic E-state index is 0.651. The Hall–Kier alpha value is -1.36. The van der Waals surface area contributed by atoms with Gasteiger partial charge in [-0.2, -0.15) is 0 Å². The van der Waals surface area contributed by atoms with Gasteiger partial charge in [-0.15, -0.1) is 0 Å². The van der Waals surface area contributed by atoms with Crippen LogP contribution in [0.25, 0.3) is 0 Å². The lowest BCUT2D eigenvalue weighted by Crippen LogP contribution is -2.29. The molecule has 1 aromatic rings. The summed E-state index contributed by atoms with van der Waals surface area (Å²) in [4.78, 5) is 11.7. The molecular weight excluding hydrogens is 262 g/mol. The first-order chi connectivity index (χ1) is 10.0. The minimum absolute atomic E-state index is 0.651. The topological polar surface area (TPSA) is 53.1 Å². The average molecular weight is 291 g/mol. The second-order valence-corrected chi connectivity index (χ2v) is 6.19. The monoisotopic (exact) mass is 291 g/mol. The van der Waals surface area contributed by atoms with Gasteiger partial charge < -0.3 is 15.5 Å². The number of nitrogens with zero attached hydrogens (tertiary/aromatic N) is 3. The Morgan fingerprint density at radius 2 is 2.00 bits per heavy atom. The van der Waals surface area contributed by atoms with Crippen LogP contribution in [-0.4, -0.2) is 47.6 Å². The van der Waals surface area contributed by atoms with Crippen molar-refractivity contribution in [2.75, 3.05) is 37.3 Å². The summed E-state index contributed by atoms with van der Waals surface area (Å²) >= 11 is 0. The third-order valence-corrected chi connectivity index (χ3v) is 4.35. The Kier molecular flexibility index (Phi) is 5.39. The molecule has 0 bridgehead atoms. The van der Waals surface area contributed by atoms with Crippen LogP contribution in [0.3, 0.4) is 0 Å². The van der Waals surface area contributed by atoms with Gasteiger partial charge in [-0.3, -0.25) is 0 Å². The van der Waals surface area contributed by atoms with Crippen LogP contribution in [0.4, 0.5) is 11.6 Å². The maximum atomic E-state index is 4.64. The highest BCUT2D eigenvalue weighted by Crippen LogP contribution is 2.22. The summed E-state index contributed by atoms with van der Waals surface area (Å²) in [6.45, 7) is 12.1. The predicted molar refractivity (Wildman–Crippen MR) is 89.0 cm³/mol. The number of anilines is 2. The molecule has 118 valence electrons. The summed E-state index contributed by atoms with van der Waals surface area (Å²) < 4.78 is 0. The molecule has 0 saturated carbocycles. The Morgan fingerprint density at radius 1 is 1.29 bits per heavy atom. The van der Waals surface area contributed by atoms with Crippen molar-refractivity contribution in [3.63, 3.8) is 0 Å². The van der Waals surface area contributed by atoms with E-state index in [1.54, 1.807) is 0 Å². The molecule has 5 heteroatoms. The normalized spacial score (nSPS) is 19.2. The third kappa shape index (κ3) is 3.84. The van der Waals surface area contributed by atoms with E-state index in [9.17, 15) is 0 Å². The molecule has 0 radical (unpaired) electrons. The maximum Gasteiger partial charge on any atom is 0.134 e. The van der Waals surface area contributed by atoms with Gasteiger partial charge in [0.25, 0.3) is 0 Å². The quantitative estimate of drug-likeness (QED) is 0.843. The van der Waals surface area contributed by atoms with Crippen molar-refractivity contribution in [3.8, 4) is 0 Å². The number of aromatic nitrogens is 2. The van der Waals surface area contributed by atoms with Crippen molar-refractivity contribution in [1.82, 2.24) is 14.9 Å². The van der Waals surface area contributed by atoms with E-state index in [4.69, 9.17) is 0 Å². The molecular formula is C16H29N5. The van der Waals surface area contributed by atoms with Crippen LogP contribution < -0.4 is 10.6 Å². The largest absolute Gasteiger partial charge is 0.373 e. The number of hydrogen-bond acceptors (Lipinski definition) is 5. The molecule has 1 aliphatic rings. The molecule has 0 spiro atoms. The van der Waals surface area contributed by atoms with Crippen LogP contribution in [-0.2, 0) is 6.42 Å². The van der Waals surface area contributed by atoms with E-state index in [2.05, 4.69) is 53.2 Å². The van der Waals surface area contributed by atoms with Gasteiger partial charge in [-0.25, -0.2) is 9.97 Å². The van der Waals surface area contributed by atoms with E-state index in [0.717, 1.165) is 36.0 Å². The Bertz CT molecular complexity index is 472. The summed E-state index contributed by atoms with van der Waals surface area (Å²) in [6.07, 6.45) is 2.13. The molecule has 0 aromatic carbocycles. The van der Waals surface area contributed by atoms with Crippen LogP contribution in [0.15, 0.2) is 0 Å². The third-order valence-electron chi connectivity index (χ3n) is 4.35. The van der Waals surface area contributed by atoms with E-state index in [0.29, 0.717) is 12.0 Å². The molecule has 2 N–H and O–H groups in total. The standard InChI is InChI=1S/C16H29N5/c1-6-14-19-15(17-5)12(4)16(20-14)18-9-13-7-8-21(10-13)11(2)3/h11,13H,6-10H2,1-5H3,(H2,17,18,19,20). The zero-order chi connectivity index (χ0) is 15.4. The number of aryl methyl sites for hydroxylation is 1. The highest BCUT2D eigenvalue weighted by atomic mass is 15.2. The Labute approximate surface area is 128 Å². The number of rotatable bonds is 6. The van der Waals surface area contributed by atoms with Gasteiger partial charge in [0.1, 0.15) is 17.5 Å². The fraction of sp³-hybridized carbons (Fsp3) is 0.750. The van der Waals surface area contributed by atoms with E-state index < -0.39 is 0 Å². The lowest BCUT2D eigenvalue weighted by molar-refractivity contribution is 0.266. The maximum absolute atomic E-state index is 4.64. The van der Waals surface area contributed by atoms with Crippen LogP contribution in [0.5, 0.6) is 0 Å². The first-order valence-electron chi connectivity index (χ1n) is 8.08.